The second-order valence-corrected chi connectivity index (χ2v) is 6.96. The van der Waals surface area contributed by atoms with Gasteiger partial charge in [-0.2, -0.15) is 0 Å². The lowest BCUT2D eigenvalue weighted by molar-refractivity contribution is 0.1000. The molecule has 0 radical (unpaired) electrons. The molecule has 1 aromatic heterocycles. The summed E-state index contributed by atoms with van der Waals surface area (Å²) in [5, 5.41) is 4.22. The third-order valence-corrected chi connectivity index (χ3v) is 4.83. The van der Waals surface area contributed by atoms with Crippen LogP contribution in [-0.4, -0.2) is 17.4 Å². The van der Waals surface area contributed by atoms with Crippen molar-refractivity contribution in [3.63, 3.8) is 0 Å². The highest BCUT2D eigenvalue weighted by Crippen LogP contribution is 2.30. The van der Waals surface area contributed by atoms with Crippen LogP contribution in [-0.2, 0) is 6.42 Å². The quantitative estimate of drug-likeness (QED) is 0.596. The Morgan fingerprint density at radius 1 is 1.14 bits per heavy atom. The maximum atomic E-state index is 11.1. The highest BCUT2D eigenvalue weighted by Gasteiger charge is 2.10. The van der Waals surface area contributed by atoms with Gasteiger partial charge in [-0.3, -0.25) is 4.79 Å². The molecule has 144 valence electrons. The molecule has 0 spiro atoms. The van der Waals surface area contributed by atoms with Gasteiger partial charge in [0.2, 0.25) is 11.8 Å². The minimum atomic E-state index is -0.515. The van der Waals surface area contributed by atoms with Gasteiger partial charge in [0.15, 0.2) is 0 Å². The maximum Gasteiger partial charge on any atom is 0.250 e. The van der Waals surface area contributed by atoms with Gasteiger partial charge in [-0.15, -0.1) is 0 Å². The molecule has 2 aromatic carbocycles. The number of nitrogens with one attached hydrogen (secondary N) is 1. The zero-order valence-corrected chi connectivity index (χ0v) is 16.6. The standard InChI is InChI=1S/C22H22ClN3O2/c1-14-15(2)20(28-21-9-6-17(13-26-21)22(24)27)8-7-19(14)25-11-10-16-4-3-5-18(23)12-16/h3-9,12-13,25H,10-11H2,1-2H3,(H2,24,27). The van der Waals surface area contributed by atoms with Crippen LogP contribution in [0.3, 0.4) is 0 Å². The average Bonchev–Trinajstić information content (AvgIpc) is 2.68. The number of aromatic nitrogens is 1. The lowest BCUT2D eigenvalue weighted by Crippen LogP contribution is -2.11. The summed E-state index contributed by atoms with van der Waals surface area (Å²) in [6, 6.07) is 15.0. The van der Waals surface area contributed by atoms with E-state index in [4.69, 9.17) is 22.1 Å². The number of nitrogens with two attached hydrogens (primary N) is 1. The van der Waals surface area contributed by atoms with E-state index in [2.05, 4.69) is 16.4 Å². The number of ether oxygens (including phenoxy) is 1. The van der Waals surface area contributed by atoms with E-state index < -0.39 is 5.91 Å². The van der Waals surface area contributed by atoms with Gasteiger partial charge >= 0.3 is 0 Å². The molecule has 0 aliphatic rings. The fraction of sp³-hybridized carbons (Fsp3) is 0.182. The van der Waals surface area contributed by atoms with Crippen LogP contribution < -0.4 is 15.8 Å². The molecular formula is C22H22ClN3O2. The second kappa shape index (κ2) is 8.76. The van der Waals surface area contributed by atoms with Crippen molar-refractivity contribution < 1.29 is 9.53 Å². The first-order valence-corrected chi connectivity index (χ1v) is 9.34. The summed E-state index contributed by atoms with van der Waals surface area (Å²) in [5.74, 6) is 0.616. The number of rotatable bonds is 7. The summed E-state index contributed by atoms with van der Waals surface area (Å²) < 4.78 is 5.86. The summed E-state index contributed by atoms with van der Waals surface area (Å²) >= 11 is 6.03. The van der Waals surface area contributed by atoms with E-state index in [1.807, 2.05) is 44.2 Å². The summed E-state index contributed by atoms with van der Waals surface area (Å²) in [7, 11) is 0. The van der Waals surface area contributed by atoms with Gasteiger partial charge in [-0.25, -0.2) is 4.98 Å². The number of carbonyl (C=O) groups is 1. The first kappa shape index (κ1) is 19.7. The van der Waals surface area contributed by atoms with Crippen molar-refractivity contribution in [3.05, 3.63) is 82.0 Å². The van der Waals surface area contributed by atoms with Crippen LogP contribution in [0.1, 0.15) is 27.0 Å². The molecule has 3 aromatic rings. The normalized spacial score (nSPS) is 10.5. The van der Waals surface area contributed by atoms with Gasteiger partial charge in [0, 0.05) is 29.5 Å². The van der Waals surface area contributed by atoms with Crippen molar-refractivity contribution in [2.45, 2.75) is 20.3 Å². The molecule has 0 saturated heterocycles. The summed E-state index contributed by atoms with van der Waals surface area (Å²) in [5.41, 5.74) is 9.96. The number of benzene rings is 2. The lowest BCUT2D eigenvalue weighted by atomic mass is 10.1. The molecule has 0 aliphatic carbocycles. The second-order valence-electron chi connectivity index (χ2n) is 6.52. The Labute approximate surface area is 169 Å². The Bertz CT molecular complexity index is 988. The van der Waals surface area contributed by atoms with Crippen molar-refractivity contribution >= 4 is 23.2 Å². The number of primary amides is 1. The van der Waals surface area contributed by atoms with Gasteiger partial charge in [0.25, 0.3) is 0 Å². The van der Waals surface area contributed by atoms with Crippen molar-refractivity contribution in [2.24, 2.45) is 5.73 Å². The Morgan fingerprint density at radius 3 is 2.64 bits per heavy atom. The zero-order valence-electron chi connectivity index (χ0n) is 15.8. The molecule has 1 heterocycles. The molecule has 0 fully saturated rings. The molecule has 0 atom stereocenters. The van der Waals surface area contributed by atoms with Crippen molar-refractivity contribution in [1.29, 1.82) is 0 Å². The number of amides is 1. The van der Waals surface area contributed by atoms with Crippen LogP contribution in [0.2, 0.25) is 5.02 Å². The van der Waals surface area contributed by atoms with Gasteiger partial charge in [0.05, 0.1) is 5.56 Å². The number of hydrogen-bond acceptors (Lipinski definition) is 4. The summed E-state index contributed by atoms with van der Waals surface area (Å²) in [4.78, 5) is 15.3. The van der Waals surface area contributed by atoms with E-state index in [1.54, 1.807) is 12.1 Å². The molecule has 0 unspecified atom stereocenters. The van der Waals surface area contributed by atoms with Crippen LogP contribution in [0.4, 0.5) is 5.69 Å². The fourth-order valence-electron chi connectivity index (χ4n) is 2.83. The van der Waals surface area contributed by atoms with Crippen LogP contribution in [0.25, 0.3) is 0 Å². The van der Waals surface area contributed by atoms with Gasteiger partial charge in [0.1, 0.15) is 5.75 Å². The number of pyridine rings is 1. The third kappa shape index (κ3) is 4.81. The van der Waals surface area contributed by atoms with E-state index in [-0.39, 0.29) is 0 Å². The number of nitrogens with zero attached hydrogens (tertiary/aromatic N) is 1. The van der Waals surface area contributed by atoms with Gasteiger partial charge < -0.3 is 15.8 Å². The SMILES string of the molecule is Cc1c(NCCc2cccc(Cl)c2)ccc(Oc2ccc(C(N)=O)cn2)c1C. The number of carbonyl (C=O) groups excluding carboxylic acids is 1. The Balaban J connectivity index is 1.65. The van der Waals surface area contributed by atoms with Crippen molar-refractivity contribution in [1.82, 2.24) is 4.98 Å². The highest BCUT2D eigenvalue weighted by atomic mass is 35.5. The Morgan fingerprint density at radius 2 is 1.96 bits per heavy atom. The molecular weight excluding hydrogens is 374 g/mol. The predicted molar refractivity (Wildman–Crippen MR) is 112 cm³/mol. The van der Waals surface area contributed by atoms with Gasteiger partial charge in [-0.05, 0) is 67.3 Å². The van der Waals surface area contributed by atoms with E-state index in [1.165, 1.54) is 11.8 Å². The zero-order chi connectivity index (χ0) is 20.1. The average molecular weight is 396 g/mol. The monoisotopic (exact) mass is 395 g/mol. The third-order valence-electron chi connectivity index (χ3n) is 4.59. The van der Waals surface area contributed by atoms with E-state index in [0.29, 0.717) is 11.4 Å². The van der Waals surface area contributed by atoms with Crippen LogP contribution >= 0.6 is 11.6 Å². The largest absolute Gasteiger partial charge is 0.439 e. The van der Waals surface area contributed by atoms with Crippen molar-refractivity contribution in [2.75, 3.05) is 11.9 Å². The smallest absolute Gasteiger partial charge is 0.250 e. The minimum Gasteiger partial charge on any atom is -0.439 e. The molecule has 3 N–H and O–H groups in total. The molecule has 28 heavy (non-hydrogen) atoms. The molecule has 5 nitrogen and oxygen atoms in total. The van der Waals surface area contributed by atoms with Crippen LogP contribution in [0.15, 0.2) is 54.7 Å². The van der Waals surface area contributed by atoms with E-state index in [0.717, 1.165) is 40.6 Å². The number of halogens is 1. The number of anilines is 1. The van der Waals surface area contributed by atoms with Crippen molar-refractivity contribution in [3.8, 4) is 11.6 Å². The first-order chi connectivity index (χ1) is 13.4. The molecule has 1 amide bonds. The predicted octanol–water partition coefficient (Wildman–Crippen LogP) is 4.90. The van der Waals surface area contributed by atoms with E-state index in [9.17, 15) is 4.79 Å². The van der Waals surface area contributed by atoms with Crippen LogP contribution in [0.5, 0.6) is 11.6 Å². The Kier molecular flexibility index (Phi) is 6.16. The summed E-state index contributed by atoms with van der Waals surface area (Å²) in [6.45, 7) is 4.86. The molecule has 0 saturated carbocycles. The first-order valence-electron chi connectivity index (χ1n) is 8.96. The Hall–Kier alpha value is -3.05. The van der Waals surface area contributed by atoms with Crippen LogP contribution in [0, 0.1) is 13.8 Å². The fourth-order valence-corrected chi connectivity index (χ4v) is 3.04. The highest BCUT2D eigenvalue weighted by molar-refractivity contribution is 6.30. The maximum absolute atomic E-state index is 11.1. The molecule has 6 heteroatoms. The van der Waals surface area contributed by atoms with E-state index >= 15 is 0 Å². The van der Waals surface area contributed by atoms with Gasteiger partial charge in [-0.1, -0.05) is 23.7 Å². The minimum absolute atomic E-state index is 0.347. The number of hydrogen-bond donors (Lipinski definition) is 2. The molecule has 3 rings (SSSR count). The molecule has 0 aliphatic heterocycles. The lowest BCUT2D eigenvalue weighted by Gasteiger charge is -2.15. The summed E-state index contributed by atoms with van der Waals surface area (Å²) in [6.07, 6.45) is 2.29. The topological polar surface area (TPSA) is 77.2 Å². The molecule has 0 bridgehead atoms.